The number of likely N-dealkylation sites (tertiary alicyclic amines) is 1. The first-order chi connectivity index (χ1) is 12.5. The van der Waals surface area contributed by atoms with Gasteiger partial charge < -0.3 is 19.9 Å². The van der Waals surface area contributed by atoms with Crippen LogP contribution < -0.4 is 10.1 Å². The molecule has 1 saturated heterocycles. The molecule has 2 rings (SSSR count). The van der Waals surface area contributed by atoms with Gasteiger partial charge in [-0.2, -0.15) is 0 Å². The molecule has 1 aliphatic rings. The summed E-state index contributed by atoms with van der Waals surface area (Å²) >= 11 is 11.8. The predicted octanol–water partition coefficient (Wildman–Crippen LogP) is 4.16. The molecule has 1 amide bonds. The lowest BCUT2D eigenvalue weighted by Gasteiger charge is -2.39. The van der Waals surface area contributed by atoms with Crippen LogP contribution in [0.4, 0.5) is 5.69 Å². The first-order valence-electron chi connectivity index (χ1n) is 9.13. The lowest BCUT2D eigenvalue weighted by atomic mass is 10.0. The smallest absolute Gasteiger partial charge is 0.219 e. The third kappa shape index (κ3) is 5.48. The van der Waals surface area contributed by atoms with Gasteiger partial charge in [0.1, 0.15) is 5.75 Å². The van der Waals surface area contributed by atoms with E-state index in [-0.39, 0.29) is 5.91 Å². The summed E-state index contributed by atoms with van der Waals surface area (Å²) in [6.45, 7) is 6.29. The number of rotatable bonds is 6. The summed E-state index contributed by atoms with van der Waals surface area (Å²) in [7, 11) is 1.62. The van der Waals surface area contributed by atoms with Crippen molar-refractivity contribution in [3.8, 4) is 5.75 Å². The van der Waals surface area contributed by atoms with Crippen molar-refractivity contribution < 1.29 is 9.53 Å². The van der Waals surface area contributed by atoms with Crippen LogP contribution in [0.3, 0.4) is 0 Å². The zero-order valence-electron chi connectivity index (χ0n) is 15.8. The summed E-state index contributed by atoms with van der Waals surface area (Å²) in [5, 5.41) is 4.64. The number of hydrogen-bond donors (Lipinski definition) is 1. The zero-order valence-corrected chi connectivity index (χ0v) is 17.3. The molecule has 1 fully saturated rings. The molecule has 7 heteroatoms. The number of nitrogens with one attached hydrogen (secondary N) is 1. The van der Waals surface area contributed by atoms with Crippen LogP contribution in [0.5, 0.6) is 5.75 Å². The Morgan fingerprint density at radius 3 is 2.69 bits per heavy atom. The number of halogens is 1. The maximum atomic E-state index is 11.6. The topological polar surface area (TPSA) is 44.8 Å². The van der Waals surface area contributed by atoms with Crippen molar-refractivity contribution in [3.05, 3.63) is 23.2 Å². The highest BCUT2D eigenvalue weighted by Gasteiger charge is 2.27. The van der Waals surface area contributed by atoms with Crippen LogP contribution in [0, 0.1) is 0 Å². The van der Waals surface area contributed by atoms with Gasteiger partial charge >= 0.3 is 0 Å². The minimum absolute atomic E-state index is 0.148. The van der Waals surface area contributed by atoms with E-state index in [2.05, 4.69) is 17.1 Å². The number of anilines is 1. The van der Waals surface area contributed by atoms with Crippen molar-refractivity contribution in [2.24, 2.45) is 0 Å². The van der Waals surface area contributed by atoms with Gasteiger partial charge in [-0.1, -0.05) is 24.9 Å². The number of carbonyl (C=O) groups excluding carboxylic acids is 1. The van der Waals surface area contributed by atoms with Crippen molar-refractivity contribution in [1.29, 1.82) is 0 Å². The normalized spacial score (nSPS) is 14.8. The van der Waals surface area contributed by atoms with Crippen molar-refractivity contribution in [3.63, 3.8) is 0 Å². The molecule has 0 saturated carbocycles. The van der Waals surface area contributed by atoms with Crippen molar-refractivity contribution in [2.45, 2.75) is 45.6 Å². The van der Waals surface area contributed by atoms with Crippen LogP contribution in [0.1, 0.15) is 39.5 Å². The molecule has 0 spiro atoms. The van der Waals surface area contributed by atoms with Crippen LogP contribution >= 0.6 is 23.8 Å². The van der Waals surface area contributed by atoms with Gasteiger partial charge in [-0.25, -0.2) is 0 Å². The number of carbonyl (C=O) groups is 1. The number of piperidine rings is 1. The molecular weight excluding hydrogens is 370 g/mol. The Morgan fingerprint density at radius 1 is 1.42 bits per heavy atom. The van der Waals surface area contributed by atoms with Gasteiger partial charge in [0.25, 0.3) is 0 Å². The quantitative estimate of drug-likeness (QED) is 0.730. The fourth-order valence-corrected chi connectivity index (χ4v) is 3.74. The van der Waals surface area contributed by atoms with Crippen molar-refractivity contribution in [2.75, 3.05) is 32.1 Å². The monoisotopic (exact) mass is 397 g/mol. The van der Waals surface area contributed by atoms with Crippen LogP contribution in [0.15, 0.2) is 18.2 Å². The molecule has 0 radical (unpaired) electrons. The van der Waals surface area contributed by atoms with Crippen LogP contribution in [0.25, 0.3) is 0 Å². The summed E-state index contributed by atoms with van der Waals surface area (Å²) in [4.78, 5) is 15.7. The summed E-state index contributed by atoms with van der Waals surface area (Å²) < 4.78 is 5.40. The maximum Gasteiger partial charge on any atom is 0.219 e. The Kier molecular flexibility index (Phi) is 7.97. The number of nitrogens with zero attached hydrogens (tertiary/aromatic N) is 2. The van der Waals surface area contributed by atoms with Gasteiger partial charge in [-0.3, -0.25) is 4.79 Å². The fourth-order valence-electron chi connectivity index (χ4n) is 3.23. The lowest BCUT2D eigenvalue weighted by Crippen LogP contribution is -2.49. The zero-order chi connectivity index (χ0) is 19.1. The van der Waals surface area contributed by atoms with Gasteiger partial charge in [0, 0.05) is 43.7 Å². The number of methoxy groups -OCH3 is 1. The number of ether oxygens (including phenoxy) is 1. The van der Waals surface area contributed by atoms with Crippen LogP contribution in [0.2, 0.25) is 5.02 Å². The van der Waals surface area contributed by atoms with E-state index in [1.54, 1.807) is 20.1 Å². The summed E-state index contributed by atoms with van der Waals surface area (Å²) in [6.07, 6.45) is 4.05. The molecule has 0 aliphatic carbocycles. The molecular formula is C19H28ClN3O2S. The molecule has 1 heterocycles. The largest absolute Gasteiger partial charge is 0.495 e. The predicted molar refractivity (Wildman–Crippen MR) is 111 cm³/mol. The van der Waals surface area contributed by atoms with Gasteiger partial charge in [0.15, 0.2) is 5.11 Å². The first kappa shape index (κ1) is 20.8. The average Bonchev–Trinajstić information content (AvgIpc) is 2.63. The molecule has 0 unspecified atom stereocenters. The van der Waals surface area contributed by atoms with Crippen molar-refractivity contribution >= 4 is 40.5 Å². The van der Waals surface area contributed by atoms with E-state index in [4.69, 9.17) is 28.6 Å². The van der Waals surface area contributed by atoms with E-state index >= 15 is 0 Å². The molecule has 5 nitrogen and oxygen atoms in total. The number of amides is 1. The van der Waals surface area contributed by atoms with Gasteiger partial charge in [-0.05, 0) is 43.6 Å². The third-order valence-electron chi connectivity index (χ3n) is 4.77. The number of benzene rings is 1. The van der Waals surface area contributed by atoms with Crippen LogP contribution in [-0.4, -0.2) is 53.6 Å². The number of thiocarbonyl (C=S) groups is 1. The third-order valence-corrected chi connectivity index (χ3v) is 5.34. The molecule has 1 N–H and O–H groups in total. The molecule has 0 aromatic heterocycles. The summed E-state index contributed by atoms with van der Waals surface area (Å²) in [6, 6.07) is 5.81. The Labute approximate surface area is 166 Å². The van der Waals surface area contributed by atoms with E-state index < -0.39 is 0 Å². The number of unbranched alkanes of at least 4 members (excludes halogenated alkanes) is 1. The van der Waals surface area contributed by atoms with E-state index in [0.29, 0.717) is 21.9 Å². The minimum Gasteiger partial charge on any atom is -0.495 e. The molecule has 1 aliphatic heterocycles. The Balaban J connectivity index is 2.08. The second-order valence-corrected chi connectivity index (χ2v) is 7.38. The van der Waals surface area contributed by atoms with E-state index in [9.17, 15) is 4.79 Å². The number of hydrogen-bond acceptors (Lipinski definition) is 3. The van der Waals surface area contributed by atoms with E-state index in [0.717, 1.165) is 51.0 Å². The van der Waals surface area contributed by atoms with Crippen molar-refractivity contribution in [1.82, 2.24) is 9.80 Å². The SMILES string of the molecule is CCCCN(C(=S)Nc1ccc(Cl)cc1OC)C1CCN(C(C)=O)CC1. The highest BCUT2D eigenvalue weighted by Crippen LogP contribution is 2.28. The lowest BCUT2D eigenvalue weighted by molar-refractivity contribution is -0.130. The average molecular weight is 398 g/mol. The molecule has 26 heavy (non-hydrogen) atoms. The maximum absolute atomic E-state index is 11.6. The minimum atomic E-state index is 0.148. The molecule has 144 valence electrons. The van der Waals surface area contributed by atoms with E-state index in [1.807, 2.05) is 17.0 Å². The van der Waals surface area contributed by atoms with Gasteiger partial charge in [0.2, 0.25) is 5.91 Å². The van der Waals surface area contributed by atoms with Gasteiger partial charge in [-0.15, -0.1) is 0 Å². The van der Waals surface area contributed by atoms with Crippen LogP contribution in [-0.2, 0) is 4.79 Å². The Morgan fingerprint density at radius 2 is 2.12 bits per heavy atom. The Bertz CT molecular complexity index is 633. The summed E-state index contributed by atoms with van der Waals surface area (Å²) in [5.74, 6) is 0.817. The first-order valence-corrected chi connectivity index (χ1v) is 9.91. The molecule has 0 atom stereocenters. The second kappa shape index (κ2) is 9.97. The van der Waals surface area contributed by atoms with E-state index in [1.165, 1.54) is 0 Å². The molecule has 1 aromatic rings. The Hall–Kier alpha value is -1.53. The second-order valence-electron chi connectivity index (χ2n) is 6.56. The highest BCUT2D eigenvalue weighted by molar-refractivity contribution is 7.80. The summed E-state index contributed by atoms with van der Waals surface area (Å²) in [5.41, 5.74) is 0.810. The highest BCUT2D eigenvalue weighted by atomic mass is 35.5. The molecule has 1 aromatic carbocycles. The van der Waals surface area contributed by atoms with Gasteiger partial charge in [0.05, 0.1) is 12.8 Å². The fraction of sp³-hybridized carbons (Fsp3) is 0.579. The molecule has 0 bridgehead atoms. The standard InChI is InChI=1S/C19H28ClN3O2S/c1-4-5-10-23(16-8-11-22(12-9-16)14(2)24)19(26)21-17-7-6-15(20)13-18(17)25-3/h6-7,13,16H,4-5,8-12H2,1-3H3,(H,21,26).